The molecule has 0 bridgehead atoms. The van der Waals surface area contributed by atoms with Gasteiger partial charge in [0.15, 0.2) is 0 Å². The van der Waals surface area contributed by atoms with Crippen LogP contribution in [0.15, 0.2) is 47.4 Å². The van der Waals surface area contributed by atoms with Crippen LogP contribution in [0.3, 0.4) is 0 Å². The van der Waals surface area contributed by atoms with E-state index in [1.54, 1.807) is 6.07 Å². The van der Waals surface area contributed by atoms with E-state index in [0.717, 1.165) is 0 Å². The van der Waals surface area contributed by atoms with E-state index in [9.17, 15) is 13.2 Å². The van der Waals surface area contributed by atoms with Crippen molar-refractivity contribution in [2.45, 2.75) is 10.4 Å². The van der Waals surface area contributed by atoms with Gasteiger partial charge in [-0.3, -0.25) is 0 Å². The zero-order chi connectivity index (χ0) is 16.2. The molecule has 0 fully saturated rings. The zero-order valence-electron chi connectivity index (χ0n) is 10.9. The first kappa shape index (κ1) is 15.7. The lowest BCUT2D eigenvalue weighted by Gasteiger charge is -2.09. The highest BCUT2D eigenvalue weighted by Crippen LogP contribution is 2.37. The van der Waals surface area contributed by atoms with E-state index in [1.807, 2.05) is 12.1 Å². The minimum absolute atomic E-state index is 0.0335. The topological polar surface area (TPSA) is 56.8 Å². The number of benzene rings is 2. The maximum absolute atomic E-state index is 12.2. The van der Waals surface area contributed by atoms with Gasteiger partial charge in [-0.15, -0.1) is 0 Å². The van der Waals surface area contributed by atoms with Crippen LogP contribution in [-0.4, -0.2) is 5.51 Å². The zero-order valence-corrected chi connectivity index (χ0v) is 11.7. The number of thioether (sulfide) groups is 1. The van der Waals surface area contributed by atoms with Crippen LogP contribution in [0.2, 0.25) is 0 Å². The first-order valence-corrected chi connectivity index (χ1v) is 6.71. The molecular weight excluding hydrogens is 313 g/mol. The molecule has 0 radical (unpaired) electrons. The molecule has 0 aliphatic carbocycles. The molecule has 0 heterocycles. The number of ether oxygens (including phenoxy) is 1. The first-order valence-electron chi connectivity index (χ1n) is 5.90. The maximum atomic E-state index is 12.2. The van der Waals surface area contributed by atoms with E-state index < -0.39 is 5.51 Å². The second-order valence-electron chi connectivity index (χ2n) is 4.02. The molecule has 0 saturated carbocycles. The normalized spacial score (nSPS) is 10.6. The van der Waals surface area contributed by atoms with Crippen LogP contribution in [0.1, 0.15) is 11.1 Å². The number of alkyl halides is 3. The third kappa shape index (κ3) is 3.94. The molecule has 0 spiro atoms. The molecule has 2 aromatic rings. The van der Waals surface area contributed by atoms with Crippen molar-refractivity contribution in [3.05, 3.63) is 53.6 Å². The summed E-state index contributed by atoms with van der Waals surface area (Å²) in [7, 11) is 0. The Morgan fingerprint density at radius 1 is 0.955 bits per heavy atom. The minimum Gasteiger partial charge on any atom is -0.456 e. The molecule has 0 aliphatic heterocycles. The minimum atomic E-state index is -4.35. The van der Waals surface area contributed by atoms with Gasteiger partial charge >= 0.3 is 5.51 Å². The summed E-state index contributed by atoms with van der Waals surface area (Å²) in [4.78, 5) is 0.0335. The van der Waals surface area contributed by atoms with Gasteiger partial charge < -0.3 is 4.74 Å². The first-order chi connectivity index (χ1) is 10.4. The molecule has 22 heavy (non-hydrogen) atoms. The Morgan fingerprint density at radius 3 is 2.18 bits per heavy atom. The van der Waals surface area contributed by atoms with Gasteiger partial charge in [0.05, 0.1) is 5.56 Å². The van der Waals surface area contributed by atoms with Crippen LogP contribution >= 0.6 is 11.8 Å². The Balaban J connectivity index is 2.22. The van der Waals surface area contributed by atoms with Crippen molar-refractivity contribution in [1.29, 1.82) is 10.5 Å². The third-order valence-corrected chi connectivity index (χ3v) is 3.28. The third-order valence-electron chi connectivity index (χ3n) is 2.54. The summed E-state index contributed by atoms with van der Waals surface area (Å²) in [5.74, 6) is 0.455. The van der Waals surface area contributed by atoms with Crippen molar-refractivity contribution in [2.24, 2.45) is 0 Å². The lowest BCUT2D eigenvalue weighted by Crippen LogP contribution is -1.98. The fraction of sp³-hybridized carbons (Fsp3) is 0.0667. The van der Waals surface area contributed by atoms with E-state index in [1.165, 1.54) is 36.4 Å². The number of hydrogen-bond donors (Lipinski definition) is 0. The number of halogens is 3. The predicted octanol–water partition coefficient (Wildman–Crippen LogP) is 4.83. The van der Waals surface area contributed by atoms with Crippen molar-refractivity contribution in [2.75, 3.05) is 0 Å². The molecule has 7 heteroatoms. The molecule has 0 saturated heterocycles. The van der Waals surface area contributed by atoms with Gasteiger partial charge in [0.1, 0.15) is 29.2 Å². The molecule has 0 amide bonds. The smallest absolute Gasteiger partial charge is 0.446 e. The van der Waals surface area contributed by atoms with Crippen LogP contribution in [-0.2, 0) is 0 Å². The van der Waals surface area contributed by atoms with Crippen LogP contribution in [0, 0.1) is 22.7 Å². The van der Waals surface area contributed by atoms with Gasteiger partial charge in [-0.25, -0.2) is 0 Å². The molecule has 0 atom stereocenters. The van der Waals surface area contributed by atoms with Crippen molar-refractivity contribution < 1.29 is 17.9 Å². The van der Waals surface area contributed by atoms with E-state index in [2.05, 4.69) is 0 Å². The summed E-state index contributed by atoms with van der Waals surface area (Å²) in [6.07, 6.45) is 0. The standard InChI is InChI=1S/C15H7F3N2OS/c16-15(17,18)22-12-6-4-11(5-7-12)21-14-3-1-2-10(8-19)13(14)9-20/h1-7H. The summed E-state index contributed by atoms with van der Waals surface area (Å²) in [6, 6.07) is 13.6. The maximum Gasteiger partial charge on any atom is 0.446 e. The summed E-state index contributed by atoms with van der Waals surface area (Å²) >= 11 is -0.221. The molecular formula is C15H7F3N2OS. The second kappa shape index (κ2) is 6.42. The average molecular weight is 320 g/mol. The van der Waals surface area contributed by atoms with Gasteiger partial charge in [0.25, 0.3) is 0 Å². The number of nitrogens with zero attached hydrogens (tertiary/aromatic N) is 2. The molecule has 0 aliphatic rings. The fourth-order valence-electron chi connectivity index (χ4n) is 1.66. The number of hydrogen-bond acceptors (Lipinski definition) is 4. The monoisotopic (exact) mass is 320 g/mol. The van der Waals surface area contributed by atoms with E-state index in [0.29, 0.717) is 0 Å². The van der Waals surface area contributed by atoms with Gasteiger partial charge in [0.2, 0.25) is 0 Å². The van der Waals surface area contributed by atoms with E-state index in [-0.39, 0.29) is 39.3 Å². The SMILES string of the molecule is N#Cc1cccc(Oc2ccc(SC(F)(F)F)cc2)c1C#N. The average Bonchev–Trinajstić information content (AvgIpc) is 2.47. The molecule has 2 rings (SSSR count). The molecule has 0 unspecified atom stereocenters. The summed E-state index contributed by atoms with van der Waals surface area (Å²) < 4.78 is 42.2. The quantitative estimate of drug-likeness (QED) is 0.760. The highest BCUT2D eigenvalue weighted by molar-refractivity contribution is 8.00. The number of rotatable bonds is 3. The van der Waals surface area contributed by atoms with Crippen molar-refractivity contribution in [3.63, 3.8) is 0 Å². The predicted molar refractivity (Wildman–Crippen MR) is 74.3 cm³/mol. The van der Waals surface area contributed by atoms with Crippen molar-refractivity contribution in [3.8, 4) is 23.6 Å². The van der Waals surface area contributed by atoms with Gasteiger partial charge in [-0.1, -0.05) is 6.07 Å². The number of nitriles is 2. The summed E-state index contributed by atoms with van der Waals surface area (Å²) in [5, 5.41) is 18.0. The molecule has 0 aromatic heterocycles. The van der Waals surface area contributed by atoms with Gasteiger partial charge in [0, 0.05) is 4.90 Å². The molecule has 3 nitrogen and oxygen atoms in total. The van der Waals surface area contributed by atoms with Crippen LogP contribution in [0.5, 0.6) is 11.5 Å². The molecule has 2 aromatic carbocycles. The molecule has 0 N–H and O–H groups in total. The Labute approximate surface area is 128 Å². The van der Waals surface area contributed by atoms with Crippen LogP contribution in [0.25, 0.3) is 0 Å². The Hall–Kier alpha value is -2.64. The van der Waals surface area contributed by atoms with Gasteiger partial charge in [-0.05, 0) is 48.2 Å². The lowest BCUT2D eigenvalue weighted by molar-refractivity contribution is -0.0328. The highest BCUT2D eigenvalue weighted by Gasteiger charge is 2.29. The fourth-order valence-corrected chi connectivity index (χ4v) is 2.20. The lowest BCUT2D eigenvalue weighted by atomic mass is 10.1. The summed E-state index contributed by atoms with van der Waals surface area (Å²) in [5.41, 5.74) is -4.10. The Bertz CT molecular complexity index is 758. The summed E-state index contributed by atoms with van der Waals surface area (Å²) in [6.45, 7) is 0. The van der Waals surface area contributed by atoms with Crippen LogP contribution < -0.4 is 4.74 Å². The van der Waals surface area contributed by atoms with Crippen LogP contribution in [0.4, 0.5) is 13.2 Å². The van der Waals surface area contributed by atoms with Crippen molar-refractivity contribution >= 4 is 11.8 Å². The highest BCUT2D eigenvalue weighted by atomic mass is 32.2. The van der Waals surface area contributed by atoms with E-state index >= 15 is 0 Å². The Kier molecular flexibility index (Phi) is 4.59. The van der Waals surface area contributed by atoms with Gasteiger partial charge in [-0.2, -0.15) is 23.7 Å². The van der Waals surface area contributed by atoms with Crippen molar-refractivity contribution in [1.82, 2.24) is 0 Å². The van der Waals surface area contributed by atoms with E-state index in [4.69, 9.17) is 15.3 Å². The Morgan fingerprint density at radius 2 is 1.64 bits per heavy atom. The molecule has 110 valence electrons. The second-order valence-corrected chi connectivity index (χ2v) is 5.16. The largest absolute Gasteiger partial charge is 0.456 e.